The molecule has 1 aliphatic rings. The molecule has 1 aromatic rings. The van der Waals surface area contributed by atoms with Crippen LogP contribution in [0.1, 0.15) is 38.8 Å². The first kappa shape index (κ1) is 19.2. The van der Waals surface area contributed by atoms with Gasteiger partial charge in [-0.15, -0.1) is 0 Å². The summed E-state index contributed by atoms with van der Waals surface area (Å²) in [5, 5.41) is 10.1. The molecule has 134 valence electrons. The van der Waals surface area contributed by atoms with Crippen LogP contribution in [0.15, 0.2) is 18.2 Å². The Morgan fingerprint density at radius 2 is 1.75 bits per heavy atom. The lowest BCUT2D eigenvalue weighted by Gasteiger charge is -2.32. The van der Waals surface area contributed by atoms with Gasteiger partial charge in [-0.05, 0) is 50.2 Å². The Bertz CT molecular complexity index is 593. The van der Waals surface area contributed by atoms with E-state index in [9.17, 15) is 18.4 Å². The van der Waals surface area contributed by atoms with Crippen LogP contribution in [0.5, 0.6) is 0 Å². The molecule has 1 aliphatic heterocycles. The molecular weight excluding hydrogens is 324 g/mol. The Kier molecular flexibility index (Phi) is 5.08. The highest BCUT2D eigenvalue weighted by atomic mass is 19.3. The van der Waals surface area contributed by atoms with Crippen molar-refractivity contribution in [2.24, 2.45) is 0 Å². The molecule has 24 heavy (non-hydrogen) atoms. The van der Waals surface area contributed by atoms with Crippen LogP contribution < -0.4 is 5.46 Å². The van der Waals surface area contributed by atoms with Gasteiger partial charge in [-0.1, -0.05) is 23.8 Å². The molecule has 1 aromatic carbocycles. The van der Waals surface area contributed by atoms with Gasteiger partial charge in [0.25, 0.3) is 6.43 Å². The first-order chi connectivity index (χ1) is 10.9. The average molecular weight is 346 g/mol. The molecule has 0 radical (unpaired) electrons. The zero-order valence-electron chi connectivity index (χ0n) is 14.4. The first-order valence-corrected chi connectivity index (χ1v) is 7.65. The van der Waals surface area contributed by atoms with Gasteiger partial charge >= 0.3 is 7.12 Å². The normalized spacial score (nSPS) is 22.0. The van der Waals surface area contributed by atoms with E-state index in [4.69, 9.17) is 9.31 Å². The largest absolute Gasteiger partial charge is 0.495 e. The summed E-state index contributed by atoms with van der Waals surface area (Å²) in [7, 11) is -0.775. The summed E-state index contributed by atoms with van der Waals surface area (Å²) in [6, 6.07) is 4.22. The molecule has 4 nitrogen and oxygen atoms in total. The molecule has 0 saturated carbocycles. The third-order valence-corrected chi connectivity index (χ3v) is 4.92. The molecule has 8 heteroatoms. The van der Waals surface area contributed by atoms with Crippen molar-refractivity contribution in [2.45, 2.75) is 57.8 Å². The number of rotatable bonds is 5. The van der Waals surface area contributed by atoms with Crippen LogP contribution in [0.4, 0.5) is 13.3 Å². The minimum absolute atomic E-state index is 0.162. The van der Waals surface area contributed by atoms with Gasteiger partial charge in [0.05, 0.1) is 11.2 Å². The molecular formula is C16H22BF3O4. The van der Waals surface area contributed by atoms with Crippen molar-refractivity contribution in [3.63, 3.8) is 0 Å². The van der Waals surface area contributed by atoms with E-state index in [2.05, 4.69) is 4.94 Å². The molecule has 1 saturated heterocycles. The fraction of sp³-hybridized carbons (Fsp3) is 0.625. The summed E-state index contributed by atoms with van der Waals surface area (Å²) in [6.07, 6.45) is -3.22. The van der Waals surface area contributed by atoms with Gasteiger partial charge < -0.3 is 14.4 Å². The third kappa shape index (κ3) is 3.20. The number of hydrogen-bond acceptors (Lipinski definition) is 4. The summed E-state index contributed by atoms with van der Waals surface area (Å²) < 4.78 is 50.5. The van der Waals surface area contributed by atoms with Crippen molar-refractivity contribution in [3.05, 3.63) is 29.3 Å². The average Bonchev–Trinajstić information content (AvgIpc) is 2.67. The number of alkyl halides is 2. The lowest BCUT2D eigenvalue weighted by molar-refractivity contribution is -0.221. The number of aliphatic hydroxyl groups is 1. The van der Waals surface area contributed by atoms with Crippen LogP contribution in [0.2, 0.25) is 0 Å². The van der Waals surface area contributed by atoms with E-state index < -0.39 is 37.0 Å². The third-order valence-electron chi connectivity index (χ3n) is 4.92. The fourth-order valence-electron chi connectivity index (χ4n) is 2.49. The lowest BCUT2D eigenvalue weighted by atomic mass is 9.74. The summed E-state index contributed by atoms with van der Waals surface area (Å²) in [5.74, 6) is 0. The Morgan fingerprint density at radius 1 is 1.21 bits per heavy atom. The van der Waals surface area contributed by atoms with Crippen molar-refractivity contribution >= 4 is 12.6 Å². The topological polar surface area (TPSA) is 47.9 Å². The van der Waals surface area contributed by atoms with Crippen molar-refractivity contribution in [1.82, 2.24) is 0 Å². The second-order valence-electron chi connectivity index (χ2n) is 7.14. The minimum atomic E-state index is -3.22. The van der Waals surface area contributed by atoms with Crippen LogP contribution >= 0.6 is 0 Å². The maximum Gasteiger partial charge on any atom is 0.495 e. The molecule has 2 rings (SSSR count). The number of halogens is 3. The van der Waals surface area contributed by atoms with E-state index in [0.29, 0.717) is 5.46 Å². The molecule has 0 amide bonds. The maximum absolute atomic E-state index is 13.3. The number of hydrogen-bond donors (Lipinski definition) is 1. The highest BCUT2D eigenvalue weighted by Gasteiger charge is 2.52. The van der Waals surface area contributed by atoms with Gasteiger partial charge in [0, 0.05) is 0 Å². The molecule has 0 aliphatic carbocycles. The van der Waals surface area contributed by atoms with Crippen molar-refractivity contribution in [3.8, 4) is 0 Å². The zero-order valence-corrected chi connectivity index (χ0v) is 14.4. The Labute approximate surface area is 139 Å². The fourth-order valence-corrected chi connectivity index (χ4v) is 2.49. The summed E-state index contributed by atoms with van der Waals surface area (Å²) in [4.78, 5) is 3.29. The molecule has 0 spiro atoms. The molecule has 0 bridgehead atoms. The molecule has 1 atom stereocenters. The molecule has 1 heterocycles. The van der Waals surface area contributed by atoms with E-state index in [1.807, 2.05) is 27.7 Å². The Hall–Kier alpha value is -1.09. The quantitative estimate of drug-likeness (QED) is 0.833. The summed E-state index contributed by atoms with van der Waals surface area (Å²) in [5.41, 5.74) is -2.85. The molecule has 0 aromatic heterocycles. The van der Waals surface area contributed by atoms with Gasteiger partial charge in [0.15, 0.2) is 5.60 Å². The second kappa shape index (κ2) is 6.33. The van der Waals surface area contributed by atoms with Crippen LogP contribution in [0.25, 0.3) is 0 Å². The van der Waals surface area contributed by atoms with E-state index in [-0.39, 0.29) is 5.56 Å². The monoisotopic (exact) mass is 346 g/mol. The van der Waals surface area contributed by atoms with Crippen LogP contribution in [0.3, 0.4) is 0 Å². The molecule has 1 fully saturated rings. The molecule has 1 N–H and O–H groups in total. The minimum Gasteiger partial charge on any atom is -0.399 e. The second-order valence-corrected chi connectivity index (χ2v) is 7.14. The predicted octanol–water partition coefficient (Wildman–Crippen LogP) is 2.65. The van der Waals surface area contributed by atoms with Crippen LogP contribution in [0, 0.1) is 6.92 Å². The standard InChI is InChI=1S/C16H22BF3O4/c1-10-6-7-11(16(21,9-22-20)13(18)19)8-12(10)17-23-14(2,3)15(4,5)24-17/h6-8,13,21H,9H2,1-5H3. The van der Waals surface area contributed by atoms with Crippen molar-refractivity contribution < 1.29 is 32.7 Å². The van der Waals surface area contributed by atoms with E-state index in [0.717, 1.165) is 5.56 Å². The van der Waals surface area contributed by atoms with Gasteiger partial charge in [-0.2, -0.15) is 4.94 Å². The van der Waals surface area contributed by atoms with Gasteiger partial charge in [0.2, 0.25) is 0 Å². The van der Waals surface area contributed by atoms with Gasteiger partial charge in [-0.25, -0.2) is 8.78 Å². The highest BCUT2D eigenvalue weighted by Crippen LogP contribution is 2.37. The van der Waals surface area contributed by atoms with Crippen LogP contribution in [-0.2, 0) is 19.9 Å². The van der Waals surface area contributed by atoms with Gasteiger partial charge in [-0.3, -0.25) is 0 Å². The Morgan fingerprint density at radius 3 is 2.21 bits per heavy atom. The van der Waals surface area contributed by atoms with Crippen molar-refractivity contribution in [2.75, 3.05) is 6.61 Å². The van der Waals surface area contributed by atoms with Gasteiger partial charge in [0.1, 0.15) is 6.61 Å². The lowest BCUT2D eigenvalue weighted by Crippen LogP contribution is -2.42. The van der Waals surface area contributed by atoms with Crippen molar-refractivity contribution in [1.29, 1.82) is 0 Å². The maximum atomic E-state index is 13.3. The predicted molar refractivity (Wildman–Crippen MR) is 83.9 cm³/mol. The number of aryl methyl sites for hydroxylation is 1. The van der Waals surface area contributed by atoms with E-state index >= 15 is 0 Å². The SMILES string of the molecule is Cc1ccc(C(O)(COF)C(F)F)cc1B1OC(C)(C)C(C)(C)O1. The van der Waals surface area contributed by atoms with Crippen LogP contribution in [-0.4, -0.2) is 36.5 Å². The molecule has 1 unspecified atom stereocenters. The van der Waals surface area contributed by atoms with E-state index in [1.165, 1.54) is 12.1 Å². The number of benzene rings is 1. The summed E-state index contributed by atoms with van der Waals surface area (Å²) >= 11 is 0. The highest BCUT2D eigenvalue weighted by molar-refractivity contribution is 6.62. The van der Waals surface area contributed by atoms with E-state index in [1.54, 1.807) is 13.0 Å². The zero-order chi connectivity index (χ0) is 18.3. The summed E-state index contributed by atoms with van der Waals surface area (Å²) in [6.45, 7) is 8.10. The Balaban J connectivity index is 2.44. The smallest absolute Gasteiger partial charge is 0.399 e. The first-order valence-electron chi connectivity index (χ1n) is 7.65.